The average Bonchev–Trinajstić information content (AvgIpc) is 2.62. The van der Waals surface area contributed by atoms with Crippen LogP contribution in [0.2, 0.25) is 0 Å². The number of thiophene rings is 1. The Kier molecular flexibility index (Phi) is 2.45. The number of rotatable bonds is 2. The molecule has 4 heteroatoms. The largest absolute Gasteiger partial charge is 0.453 e. The molecule has 0 N–H and O–H groups in total. The maximum Gasteiger partial charge on any atom is 0.168 e. The molecular weight excluding hydrogens is 206 g/mol. The highest BCUT2D eigenvalue weighted by Crippen LogP contribution is 2.25. The SMILES string of the molecule is Fc1ccc(Oc2c[c]sc2)c(F)c1. The summed E-state index contributed by atoms with van der Waals surface area (Å²) >= 11 is 1.32. The van der Waals surface area contributed by atoms with E-state index < -0.39 is 11.6 Å². The van der Waals surface area contributed by atoms with E-state index in [-0.39, 0.29) is 5.75 Å². The lowest BCUT2D eigenvalue weighted by molar-refractivity contribution is 0.439. The van der Waals surface area contributed by atoms with Gasteiger partial charge in [-0.2, -0.15) is 0 Å². The second kappa shape index (κ2) is 3.75. The lowest BCUT2D eigenvalue weighted by atomic mass is 10.3. The molecule has 0 saturated carbocycles. The summed E-state index contributed by atoms with van der Waals surface area (Å²) in [5, 5.41) is 4.48. The van der Waals surface area contributed by atoms with E-state index in [1.165, 1.54) is 17.4 Å². The molecule has 2 aromatic rings. The highest BCUT2D eigenvalue weighted by molar-refractivity contribution is 7.07. The molecule has 0 aliphatic rings. The monoisotopic (exact) mass is 211 g/mol. The van der Waals surface area contributed by atoms with Crippen LogP contribution in [0.5, 0.6) is 11.5 Å². The Bertz CT molecular complexity index is 426. The van der Waals surface area contributed by atoms with Crippen LogP contribution in [0.25, 0.3) is 0 Å². The van der Waals surface area contributed by atoms with Crippen molar-refractivity contribution in [2.45, 2.75) is 0 Å². The van der Waals surface area contributed by atoms with E-state index >= 15 is 0 Å². The third-order valence-corrected chi connectivity index (χ3v) is 2.17. The minimum Gasteiger partial charge on any atom is -0.453 e. The van der Waals surface area contributed by atoms with Crippen molar-refractivity contribution in [3.8, 4) is 11.5 Å². The summed E-state index contributed by atoms with van der Waals surface area (Å²) in [5.41, 5.74) is 0. The van der Waals surface area contributed by atoms with E-state index in [2.05, 4.69) is 5.38 Å². The zero-order chi connectivity index (χ0) is 9.97. The molecule has 0 saturated heterocycles. The number of halogens is 2. The summed E-state index contributed by atoms with van der Waals surface area (Å²) in [6.07, 6.45) is 0. The van der Waals surface area contributed by atoms with E-state index in [0.717, 1.165) is 12.1 Å². The lowest BCUT2D eigenvalue weighted by Gasteiger charge is -2.03. The molecule has 1 aromatic carbocycles. The number of hydrogen-bond donors (Lipinski definition) is 0. The predicted molar refractivity (Wildman–Crippen MR) is 49.6 cm³/mol. The second-order valence-corrected chi connectivity index (χ2v) is 3.28. The van der Waals surface area contributed by atoms with Gasteiger partial charge >= 0.3 is 0 Å². The van der Waals surface area contributed by atoms with Gasteiger partial charge in [-0.25, -0.2) is 8.78 Å². The van der Waals surface area contributed by atoms with Crippen LogP contribution in [0.1, 0.15) is 0 Å². The first kappa shape index (κ1) is 9.15. The molecule has 14 heavy (non-hydrogen) atoms. The lowest BCUT2D eigenvalue weighted by Crippen LogP contribution is -1.87. The Morgan fingerprint density at radius 3 is 2.79 bits per heavy atom. The Labute approximate surface area is 83.6 Å². The summed E-state index contributed by atoms with van der Waals surface area (Å²) in [6, 6.07) is 4.77. The van der Waals surface area contributed by atoms with Crippen LogP contribution in [0.4, 0.5) is 8.78 Å². The quantitative estimate of drug-likeness (QED) is 0.737. The fourth-order valence-corrected chi connectivity index (χ4v) is 1.44. The van der Waals surface area contributed by atoms with Crippen LogP contribution < -0.4 is 4.74 Å². The molecule has 0 fully saturated rings. The molecular formula is C10H5F2OS. The fraction of sp³-hybridized carbons (Fsp3) is 0. The van der Waals surface area contributed by atoms with E-state index in [9.17, 15) is 8.78 Å². The van der Waals surface area contributed by atoms with Gasteiger partial charge in [0.1, 0.15) is 11.6 Å². The summed E-state index contributed by atoms with van der Waals surface area (Å²) in [7, 11) is 0. The maximum atomic E-state index is 13.1. The molecule has 0 amide bonds. The smallest absolute Gasteiger partial charge is 0.168 e. The molecule has 2 rings (SSSR count). The van der Waals surface area contributed by atoms with Crippen molar-refractivity contribution in [1.29, 1.82) is 0 Å². The Morgan fingerprint density at radius 2 is 2.14 bits per heavy atom. The van der Waals surface area contributed by atoms with Crippen molar-refractivity contribution in [2.24, 2.45) is 0 Å². The van der Waals surface area contributed by atoms with Gasteiger partial charge in [-0.1, -0.05) is 0 Å². The minimum absolute atomic E-state index is 0.0122. The average molecular weight is 211 g/mol. The summed E-state index contributed by atoms with van der Waals surface area (Å²) in [6.45, 7) is 0. The van der Waals surface area contributed by atoms with Crippen LogP contribution >= 0.6 is 11.3 Å². The van der Waals surface area contributed by atoms with Gasteiger partial charge in [0.2, 0.25) is 0 Å². The molecule has 71 valence electrons. The van der Waals surface area contributed by atoms with Gasteiger partial charge in [0.25, 0.3) is 0 Å². The van der Waals surface area contributed by atoms with Crippen LogP contribution in [-0.4, -0.2) is 0 Å². The number of hydrogen-bond acceptors (Lipinski definition) is 2. The van der Waals surface area contributed by atoms with Crippen LogP contribution in [0.3, 0.4) is 0 Å². The first-order chi connectivity index (χ1) is 6.75. The summed E-state index contributed by atoms with van der Waals surface area (Å²) in [4.78, 5) is 0. The third kappa shape index (κ3) is 1.90. The first-order valence-electron chi connectivity index (χ1n) is 3.83. The zero-order valence-corrected chi connectivity index (χ0v) is 7.78. The molecule has 0 bridgehead atoms. The van der Waals surface area contributed by atoms with E-state index in [0.29, 0.717) is 5.75 Å². The van der Waals surface area contributed by atoms with E-state index in [1.807, 2.05) is 0 Å². The van der Waals surface area contributed by atoms with Gasteiger partial charge in [-0.05, 0) is 12.1 Å². The Balaban J connectivity index is 2.25. The maximum absolute atomic E-state index is 13.1. The van der Waals surface area contributed by atoms with Gasteiger partial charge in [-0.15, -0.1) is 11.3 Å². The van der Waals surface area contributed by atoms with Crippen molar-refractivity contribution in [3.05, 3.63) is 46.7 Å². The molecule has 0 spiro atoms. The van der Waals surface area contributed by atoms with E-state index in [1.54, 1.807) is 11.4 Å². The molecule has 0 aliphatic carbocycles. The van der Waals surface area contributed by atoms with Crippen molar-refractivity contribution >= 4 is 11.3 Å². The Morgan fingerprint density at radius 1 is 1.29 bits per heavy atom. The topological polar surface area (TPSA) is 9.23 Å². The van der Waals surface area contributed by atoms with Crippen molar-refractivity contribution in [1.82, 2.24) is 0 Å². The number of ether oxygens (including phenoxy) is 1. The zero-order valence-electron chi connectivity index (χ0n) is 6.96. The van der Waals surface area contributed by atoms with Crippen LogP contribution in [0, 0.1) is 17.0 Å². The summed E-state index contributed by atoms with van der Waals surface area (Å²) in [5.74, 6) is -0.818. The molecule has 0 unspecified atom stereocenters. The van der Waals surface area contributed by atoms with E-state index in [4.69, 9.17) is 4.74 Å². The first-order valence-corrected chi connectivity index (χ1v) is 4.71. The molecule has 0 atom stereocenters. The van der Waals surface area contributed by atoms with Gasteiger partial charge in [0.05, 0.1) is 0 Å². The molecule has 1 heterocycles. The second-order valence-electron chi connectivity index (χ2n) is 2.58. The third-order valence-electron chi connectivity index (χ3n) is 1.57. The van der Waals surface area contributed by atoms with Gasteiger partial charge < -0.3 is 4.74 Å². The fourth-order valence-electron chi connectivity index (χ4n) is 0.957. The predicted octanol–water partition coefficient (Wildman–Crippen LogP) is 3.62. The van der Waals surface area contributed by atoms with Gasteiger partial charge in [0, 0.05) is 22.9 Å². The summed E-state index contributed by atoms with van der Waals surface area (Å²) < 4.78 is 30.7. The molecule has 1 nitrogen and oxygen atoms in total. The number of benzene rings is 1. The highest BCUT2D eigenvalue weighted by atomic mass is 32.1. The Hall–Kier alpha value is -1.42. The van der Waals surface area contributed by atoms with Gasteiger partial charge in [0.15, 0.2) is 11.6 Å². The molecule has 0 aliphatic heterocycles. The van der Waals surface area contributed by atoms with Crippen molar-refractivity contribution < 1.29 is 13.5 Å². The standard InChI is InChI=1S/C10H5F2OS/c11-7-1-2-10(9(12)5-7)13-8-3-4-14-6-8/h1-3,5-6H. The normalized spacial score (nSPS) is 10.1. The molecule has 1 radical (unpaired) electrons. The van der Waals surface area contributed by atoms with Crippen molar-refractivity contribution in [2.75, 3.05) is 0 Å². The highest BCUT2D eigenvalue weighted by Gasteiger charge is 2.05. The van der Waals surface area contributed by atoms with Crippen molar-refractivity contribution in [3.63, 3.8) is 0 Å². The van der Waals surface area contributed by atoms with Gasteiger partial charge in [-0.3, -0.25) is 0 Å². The van der Waals surface area contributed by atoms with Crippen LogP contribution in [0.15, 0.2) is 29.6 Å². The molecule has 1 aromatic heterocycles. The van der Waals surface area contributed by atoms with Crippen LogP contribution in [-0.2, 0) is 0 Å². The minimum atomic E-state index is -0.712.